The van der Waals surface area contributed by atoms with Crippen LogP contribution >= 0.6 is 11.3 Å². The number of sulfonamides is 1. The van der Waals surface area contributed by atoms with Crippen LogP contribution in [-0.4, -0.2) is 59.3 Å². The normalized spacial score (nSPS) is 15.7. The van der Waals surface area contributed by atoms with Crippen LogP contribution in [0, 0.1) is 5.82 Å². The molecule has 0 atom stereocenters. The average molecular weight is 436 g/mol. The molecule has 0 unspecified atom stereocenters. The highest BCUT2D eigenvalue weighted by atomic mass is 32.2. The van der Waals surface area contributed by atoms with Gasteiger partial charge >= 0.3 is 0 Å². The van der Waals surface area contributed by atoms with Crippen LogP contribution < -0.4 is 5.56 Å². The Hall–Kier alpha value is -2.63. The van der Waals surface area contributed by atoms with Gasteiger partial charge in [0.15, 0.2) is 0 Å². The van der Waals surface area contributed by atoms with Crippen molar-refractivity contribution in [2.24, 2.45) is 0 Å². The molecule has 1 saturated heterocycles. The van der Waals surface area contributed by atoms with Crippen LogP contribution in [0.2, 0.25) is 0 Å². The number of amides is 1. The number of fused-ring (bicyclic) bond motifs is 1. The van der Waals surface area contributed by atoms with Gasteiger partial charge in [-0.25, -0.2) is 17.8 Å². The third-order valence-corrected chi connectivity index (χ3v) is 8.04. The van der Waals surface area contributed by atoms with Gasteiger partial charge in [-0.1, -0.05) is 6.07 Å². The fraction of sp³-hybridized carbons (Fsp3) is 0.278. The molecule has 3 aromatic rings. The number of aromatic nitrogens is 2. The summed E-state index contributed by atoms with van der Waals surface area (Å²) in [5.41, 5.74) is -0.144. The Kier molecular flexibility index (Phi) is 5.19. The molecule has 29 heavy (non-hydrogen) atoms. The van der Waals surface area contributed by atoms with E-state index in [4.69, 9.17) is 0 Å². The lowest BCUT2D eigenvalue weighted by Gasteiger charge is -2.33. The molecule has 0 aliphatic carbocycles. The minimum atomic E-state index is -3.55. The molecule has 1 amide bonds. The maximum Gasteiger partial charge on any atom is 0.261 e. The number of halogens is 1. The van der Waals surface area contributed by atoms with Crippen LogP contribution in [0.1, 0.15) is 0 Å². The van der Waals surface area contributed by atoms with Gasteiger partial charge in [-0.3, -0.25) is 14.2 Å². The summed E-state index contributed by atoms with van der Waals surface area (Å²) in [4.78, 5) is 30.7. The molecule has 0 radical (unpaired) electrons. The highest BCUT2D eigenvalue weighted by molar-refractivity contribution is 7.91. The first-order valence-electron chi connectivity index (χ1n) is 8.82. The van der Waals surface area contributed by atoms with Gasteiger partial charge in [-0.05, 0) is 29.6 Å². The largest absolute Gasteiger partial charge is 0.338 e. The number of rotatable bonds is 4. The smallest absolute Gasteiger partial charge is 0.261 e. The summed E-state index contributed by atoms with van der Waals surface area (Å²) in [5, 5.41) is 1.81. The van der Waals surface area contributed by atoms with E-state index in [2.05, 4.69) is 4.98 Å². The second-order valence-corrected chi connectivity index (χ2v) is 9.67. The van der Waals surface area contributed by atoms with Crippen LogP contribution in [-0.2, 0) is 21.4 Å². The SMILES string of the molecule is O=C(Cn1cnc2ccc(F)cc2c1=O)N1CCN(S(=O)(=O)c2cccs2)CC1. The van der Waals surface area contributed by atoms with Crippen molar-refractivity contribution in [2.45, 2.75) is 10.8 Å². The van der Waals surface area contributed by atoms with Gasteiger partial charge in [0.2, 0.25) is 5.91 Å². The maximum absolute atomic E-state index is 13.4. The van der Waals surface area contributed by atoms with E-state index in [1.165, 1.54) is 27.7 Å². The first-order chi connectivity index (χ1) is 13.9. The number of thiophene rings is 1. The van der Waals surface area contributed by atoms with Crippen molar-refractivity contribution in [1.29, 1.82) is 0 Å². The zero-order valence-corrected chi connectivity index (χ0v) is 16.8. The Morgan fingerprint density at radius 2 is 1.93 bits per heavy atom. The van der Waals surface area contributed by atoms with E-state index in [9.17, 15) is 22.4 Å². The molecule has 0 spiro atoms. The lowest BCUT2D eigenvalue weighted by molar-refractivity contribution is -0.133. The Balaban J connectivity index is 1.45. The lowest BCUT2D eigenvalue weighted by atomic mass is 10.2. The van der Waals surface area contributed by atoms with Crippen molar-refractivity contribution >= 4 is 38.2 Å². The zero-order chi connectivity index (χ0) is 20.6. The fourth-order valence-electron chi connectivity index (χ4n) is 3.20. The molecule has 0 saturated carbocycles. The van der Waals surface area contributed by atoms with Gasteiger partial charge < -0.3 is 4.90 Å². The average Bonchev–Trinajstić information content (AvgIpc) is 3.26. The van der Waals surface area contributed by atoms with Gasteiger partial charge in [0.05, 0.1) is 17.2 Å². The van der Waals surface area contributed by atoms with Gasteiger partial charge in [0.25, 0.3) is 15.6 Å². The van der Waals surface area contributed by atoms with E-state index in [-0.39, 0.29) is 48.2 Å². The predicted octanol–water partition coefficient (Wildman–Crippen LogP) is 1.13. The first-order valence-corrected chi connectivity index (χ1v) is 11.1. The highest BCUT2D eigenvalue weighted by Crippen LogP contribution is 2.22. The number of hydrogen-bond acceptors (Lipinski definition) is 6. The van der Waals surface area contributed by atoms with E-state index in [1.54, 1.807) is 17.5 Å². The van der Waals surface area contributed by atoms with Crippen LogP contribution in [0.25, 0.3) is 10.9 Å². The molecule has 0 bridgehead atoms. The number of nitrogens with zero attached hydrogens (tertiary/aromatic N) is 4. The second-order valence-electron chi connectivity index (χ2n) is 6.56. The number of benzene rings is 1. The molecule has 1 aliphatic heterocycles. The van der Waals surface area contributed by atoms with Crippen molar-refractivity contribution < 1.29 is 17.6 Å². The van der Waals surface area contributed by atoms with E-state index in [1.807, 2.05) is 0 Å². The van der Waals surface area contributed by atoms with Crippen molar-refractivity contribution in [3.8, 4) is 0 Å². The summed E-state index contributed by atoms with van der Waals surface area (Å²) in [7, 11) is -3.55. The fourth-order valence-corrected chi connectivity index (χ4v) is 5.77. The summed E-state index contributed by atoms with van der Waals surface area (Å²) >= 11 is 1.15. The second kappa shape index (κ2) is 7.65. The molecule has 1 fully saturated rings. The zero-order valence-electron chi connectivity index (χ0n) is 15.2. The van der Waals surface area contributed by atoms with Crippen LogP contribution in [0.15, 0.2) is 51.0 Å². The highest BCUT2D eigenvalue weighted by Gasteiger charge is 2.30. The van der Waals surface area contributed by atoms with Gasteiger partial charge in [0, 0.05) is 26.2 Å². The quantitative estimate of drug-likeness (QED) is 0.611. The van der Waals surface area contributed by atoms with Gasteiger partial charge in [-0.2, -0.15) is 4.31 Å². The summed E-state index contributed by atoms with van der Waals surface area (Å²) in [6.07, 6.45) is 1.26. The Bertz CT molecular complexity index is 1220. The van der Waals surface area contributed by atoms with E-state index in [0.29, 0.717) is 5.52 Å². The molecule has 8 nitrogen and oxygen atoms in total. The topological polar surface area (TPSA) is 92.6 Å². The van der Waals surface area contributed by atoms with Crippen LogP contribution in [0.5, 0.6) is 0 Å². The summed E-state index contributed by atoms with van der Waals surface area (Å²) < 4.78 is 41.3. The van der Waals surface area contributed by atoms with E-state index >= 15 is 0 Å². The number of carbonyl (C=O) groups is 1. The van der Waals surface area contributed by atoms with Crippen LogP contribution in [0.4, 0.5) is 4.39 Å². The lowest BCUT2D eigenvalue weighted by Crippen LogP contribution is -2.51. The molecule has 1 aromatic carbocycles. The molecular formula is C18H17FN4O4S2. The molecule has 4 rings (SSSR count). The van der Waals surface area contributed by atoms with Crippen molar-refractivity contribution in [2.75, 3.05) is 26.2 Å². The monoisotopic (exact) mass is 436 g/mol. The van der Waals surface area contributed by atoms with Crippen LogP contribution in [0.3, 0.4) is 0 Å². The Labute approximate surface area is 169 Å². The van der Waals surface area contributed by atoms with E-state index in [0.717, 1.165) is 22.0 Å². The van der Waals surface area contributed by atoms with Gasteiger partial charge in [0.1, 0.15) is 16.6 Å². The molecule has 152 valence electrons. The number of piperazine rings is 1. The molecule has 2 aromatic heterocycles. The minimum Gasteiger partial charge on any atom is -0.338 e. The summed E-state index contributed by atoms with van der Waals surface area (Å²) in [5.74, 6) is -0.874. The summed E-state index contributed by atoms with van der Waals surface area (Å²) in [6.45, 7) is 0.585. The first kappa shape index (κ1) is 19.7. The molecule has 1 aliphatic rings. The van der Waals surface area contributed by atoms with Crippen molar-refractivity contribution in [3.63, 3.8) is 0 Å². The molecular weight excluding hydrogens is 419 g/mol. The molecule has 11 heteroatoms. The Morgan fingerprint density at radius 1 is 1.17 bits per heavy atom. The predicted molar refractivity (Wildman–Crippen MR) is 106 cm³/mol. The third-order valence-electron chi connectivity index (χ3n) is 4.77. The van der Waals surface area contributed by atoms with E-state index < -0.39 is 21.4 Å². The molecule has 3 heterocycles. The Morgan fingerprint density at radius 3 is 2.62 bits per heavy atom. The number of hydrogen-bond donors (Lipinski definition) is 0. The number of carbonyl (C=O) groups excluding carboxylic acids is 1. The van der Waals surface area contributed by atoms with Crippen molar-refractivity contribution in [3.05, 3.63) is 58.2 Å². The summed E-state index contributed by atoms with van der Waals surface area (Å²) in [6, 6.07) is 6.96. The molecule has 0 N–H and O–H groups in total. The minimum absolute atomic E-state index is 0.104. The standard InChI is InChI=1S/C18H17FN4O4S2/c19-13-3-4-15-14(10-13)18(25)22(12-20-15)11-16(24)21-5-7-23(8-6-21)29(26,27)17-2-1-9-28-17/h1-4,9-10,12H,5-8,11H2. The third kappa shape index (κ3) is 3.80. The van der Waals surface area contributed by atoms with Crippen molar-refractivity contribution in [1.82, 2.24) is 18.8 Å². The van der Waals surface area contributed by atoms with Gasteiger partial charge in [-0.15, -0.1) is 11.3 Å². The maximum atomic E-state index is 13.4.